The van der Waals surface area contributed by atoms with Crippen LogP contribution >= 0.6 is 22.9 Å². The number of hydrogen-bond acceptors (Lipinski definition) is 2. The number of halogens is 1. The molecule has 1 atom stereocenters. The second kappa shape index (κ2) is 5.87. The molecular formula is C15H17ClOS. The van der Waals surface area contributed by atoms with Gasteiger partial charge in [-0.25, -0.2) is 0 Å². The van der Waals surface area contributed by atoms with Crippen LogP contribution < -0.4 is 0 Å². The van der Waals surface area contributed by atoms with E-state index >= 15 is 0 Å². The lowest BCUT2D eigenvalue weighted by Gasteiger charge is -2.11. The van der Waals surface area contributed by atoms with E-state index in [1.54, 1.807) is 0 Å². The van der Waals surface area contributed by atoms with Crippen LogP contribution in [-0.4, -0.2) is 5.11 Å². The minimum Gasteiger partial charge on any atom is -0.383 e. The van der Waals surface area contributed by atoms with Crippen LogP contribution in [0.2, 0.25) is 5.02 Å². The van der Waals surface area contributed by atoms with E-state index in [4.69, 9.17) is 11.6 Å². The predicted molar refractivity (Wildman–Crippen MR) is 78.4 cm³/mol. The zero-order valence-corrected chi connectivity index (χ0v) is 12.1. The molecule has 0 aliphatic carbocycles. The summed E-state index contributed by atoms with van der Waals surface area (Å²) in [6.45, 7) is 4.39. The van der Waals surface area contributed by atoms with Gasteiger partial charge in [-0.05, 0) is 29.5 Å². The Morgan fingerprint density at radius 2 is 2.06 bits per heavy atom. The Morgan fingerprint density at radius 3 is 2.67 bits per heavy atom. The molecule has 0 saturated carbocycles. The predicted octanol–water partition coefficient (Wildman–Crippen LogP) is 4.68. The highest BCUT2D eigenvalue weighted by Gasteiger charge is 2.13. The van der Waals surface area contributed by atoms with Crippen LogP contribution in [0.5, 0.6) is 0 Å². The maximum absolute atomic E-state index is 10.3. The van der Waals surface area contributed by atoms with Gasteiger partial charge in [0.25, 0.3) is 0 Å². The van der Waals surface area contributed by atoms with Gasteiger partial charge in [-0.2, -0.15) is 0 Å². The first-order valence-electron chi connectivity index (χ1n) is 6.07. The van der Waals surface area contributed by atoms with Crippen LogP contribution in [-0.2, 0) is 6.42 Å². The summed E-state index contributed by atoms with van der Waals surface area (Å²) >= 11 is 7.38. The molecule has 0 amide bonds. The second-order valence-electron chi connectivity index (χ2n) is 4.91. The minimum atomic E-state index is -0.574. The smallest absolute Gasteiger partial charge is 0.113 e. The molecule has 3 heteroatoms. The van der Waals surface area contributed by atoms with Crippen LogP contribution in [0.4, 0.5) is 0 Å². The Morgan fingerprint density at radius 1 is 1.28 bits per heavy atom. The van der Waals surface area contributed by atoms with Crippen molar-refractivity contribution in [3.8, 4) is 0 Å². The summed E-state index contributed by atoms with van der Waals surface area (Å²) in [6, 6.07) is 9.98. The van der Waals surface area contributed by atoms with Gasteiger partial charge in [-0.1, -0.05) is 49.7 Å². The van der Waals surface area contributed by atoms with Crippen molar-refractivity contribution in [1.29, 1.82) is 0 Å². The fourth-order valence-electron chi connectivity index (χ4n) is 2.00. The van der Waals surface area contributed by atoms with Gasteiger partial charge < -0.3 is 5.11 Å². The van der Waals surface area contributed by atoms with Crippen molar-refractivity contribution in [2.24, 2.45) is 5.92 Å². The summed E-state index contributed by atoms with van der Waals surface area (Å²) in [5.74, 6) is 0.619. The van der Waals surface area contributed by atoms with Crippen LogP contribution in [0.15, 0.2) is 35.7 Å². The highest BCUT2D eigenvalue weighted by molar-refractivity contribution is 7.10. The van der Waals surface area contributed by atoms with Gasteiger partial charge >= 0.3 is 0 Å². The quantitative estimate of drug-likeness (QED) is 0.862. The lowest BCUT2D eigenvalue weighted by atomic mass is 9.99. The number of thiophene rings is 1. The van der Waals surface area contributed by atoms with Gasteiger partial charge in [-0.15, -0.1) is 11.3 Å². The van der Waals surface area contributed by atoms with E-state index < -0.39 is 6.10 Å². The molecular weight excluding hydrogens is 264 g/mol. The maximum atomic E-state index is 10.3. The summed E-state index contributed by atoms with van der Waals surface area (Å²) < 4.78 is 0. The zero-order valence-electron chi connectivity index (χ0n) is 10.6. The summed E-state index contributed by atoms with van der Waals surface area (Å²) in [6.07, 6.45) is 0.459. The molecule has 2 rings (SSSR count). The van der Waals surface area contributed by atoms with Crippen LogP contribution in [0, 0.1) is 5.92 Å². The molecule has 0 spiro atoms. The molecule has 1 nitrogen and oxygen atoms in total. The van der Waals surface area contributed by atoms with Crippen LogP contribution in [0.25, 0.3) is 0 Å². The van der Waals surface area contributed by atoms with E-state index in [9.17, 15) is 5.11 Å². The molecule has 2 aromatic rings. The van der Waals surface area contributed by atoms with Gasteiger partial charge in [0.05, 0.1) is 5.02 Å². The van der Waals surface area contributed by atoms with Gasteiger partial charge in [0, 0.05) is 10.3 Å². The Balaban J connectivity index is 2.22. The first-order valence-corrected chi connectivity index (χ1v) is 7.33. The van der Waals surface area contributed by atoms with Crippen molar-refractivity contribution in [3.63, 3.8) is 0 Å². The molecule has 1 aromatic heterocycles. The third-order valence-corrected chi connectivity index (χ3v) is 4.10. The molecule has 0 aliphatic heterocycles. The topological polar surface area (TPSA) is 20.2 Å². The van der Waals surface area contributed by atoms with Crippen LogP contribution in [0.3, 0.4) is 0 Å². The van der Waals surface area contributed by atoms with Gasteiger partial charge in [0.1, 0.15) is 6.10 Å². The average molecular weight is 281 g/mol. The van der Waals surface area contributed by atoms with E-state index in [1.165, 1.54) is 16.9 Å². The van der Waals surface area contributed by atoms with E-state index in [2.05, 4.69) is 26.0 Å². The number of benzene rings is 1. The SMILES string of the molecule is CC(C)Cc1cccc(C(O)c2cc(Cl)cs2)c1. The Labute approximate surface area is 117 Å². The Hall–Kier alpha value is -0.830. The third-order valence-electron chi connectivity index (χ3n) is 2.77. The summed E-state index contributed by atoms with van der Waals surface area (Å²) in [7, 11) is 0. The van der Waals surface area contributed by atoms with Crippen LogP contribution in [0.1, 0.15) is 36.0 Å². The molecule has 1 aromatic carbocycles. The van der Waals surface area contributed by atoms with E-state index in [0.29, 0.717) is 10.9 Å². The molecule has 0 saturated heterocycles. The highest BCUT2D eigenvalue weighted by Crippen LogP contribution is 2.30. The van der Waals surface area contributed by atoms with Gasteiger partial charge in [0.15, 0.2) is 0 Å². The second-order valence-corrected chi connectivity index (χ2v) is 6.29. The molecule has 0 bridgehead atoms. The zero-order chi connectivity index (χ0) is 13.1. The Kier molecular flexibility index (Phi) is 4.44. The van der Waals surface area contributed by atoms with Crippen molar-refractivity contribution >= 4 is 22.9 Å². The summed E-state index contributed by atoms with van der Waals surface area (Å²) in [5.41, 5.74) is 2.20. The lowest BCUT2D eigenvalue weighted by molar-refractivity contribution is 0.224. The molecule has 0 aliphatic rings. The number of rotatable bonds is 4. The fourth-order valence-corrected chi connectivity index (χ4v) is 3.09. The van der Waals surface area contributed by atoms with E-state index in [0.717, 1.165) is 16.9 Å². The average Bonchev–Trinajstić information content (AvgIpc) is 2.74. The molecule has 18 heavy (non-hydrogen) atoms. The minimum absolute atomic E-state index is 0.574. The molecule has 0 radical (unpaired) electrons. The highest BCUT2D eigenvalue weighted by atomic mass is 35.5. The normalized spacial score (nSPS) is 12.9. The number of hydrogen-bond donors (Lipinski definition) is 1. The molecule has 1 heterocycles. The molecule has 0 fully saturated rings. The van der Waals surface area contributed by atoms with E-state index in [-0.39, 0.29) is 0 Å². The molecule has 1 N–H and O–H groups in total. The van der Waals surface area contributed by atoms with Crippen molar-refractivity contribution in [2.45, 2.75) is 26.4 Å². The summed E-state index contributed by atoms with van der Waals surface area (Å²) in [4.78, 5) is 0.890. The first-order chi connectivity index (χ1) is 8.56. The summed E-state index contributed by atoms with van der Waals surface area (Å²) in [5, 5.41) is 12.8. The Bertz CT molecular complexity index is 519. The molecule has 96 valence electrons. The van der Waals surface area contributed by atoms with Gasteiger partial charge in [0.2, 0.25) is 0 Å². The fraction of sp³-hybridized carbons (Fsp3) is 0.333. The standard InChI is InChI=1S/C15H17ClOS/c1-10(2)6-11-4-3-5-12(7-11)15(17)14-8-13(16)9-18-14/h3-5,7-10,15,17H,6H2,1-2H3. The largest absolute Gasteiger partial charge is 0.383 e. The molecule has 1 unspecified atom stereocenters. The number of aliphatic hydroxyl groups is 1. The third kappa shape index (κ3) is 3.35. The van der Waals surface area contributed by atoms with Crippen molar-refractivity contribution in [1.82, 2.24) is 0 Å². The van der Waals surface area contributed by atoms with Crippen molar-refractivity contribution in [3.05, 3.63) is 56.7 Å². The monoisotopic (exact) mass is 280 g/mol. The van der Waals surface area contributed by atoms with Gasteiger partial charge in [-0.3, -0.25) is 0 Å². The van der Waals surface area contributed by atoms with E-state index in [1.807, 2.05) is 23.6 Å². The maximum Gasteiger partial charge on any atom is 0.113 e. The first kappa shape index (κ1) is 13.6. The van der Waals surface area contributed by atoms with Crippen molar-refractivity contribution in [2.75, 3.05) is 0 Å². The lowest BCUT2D eigenvalue weighted by Crippen LogP contribution is -2.00. The number of aliphatic hydroxyl groups excluding tert-OH is 1. The van der Waals surface area contributed by atoms with Crippen molar-refractivity contribution < 1.29 is 5.11 Å².